The molecular weight excluding hydrogens is 324 g/mol. The summed E-state index contributed by atoms with van der Waals surface area (Å²) >= 11 is 3.16. The van der Waals surface area contributed by atoms with Gasteiger partial charge in [-0.1, -0.05) is 26.2 Å². The number of hydrogen-bond acceptors (Lipinski definition) is 1. The van der Waals surface area contributed by atoms with Gasteiger partial charge in [0, 0.05) is 5.56 Å². The van der Waals surface area contributed by atoms with E-state index in [1.54, 1.807) is 0 Å². The number of hydrogen-bond donors (Lipinski definition) is 1. The van der Waals surface area contributed by atoms with Crippen molar-refractivity contribution in [3.05, 3.63) is 33.8 Å². The van der Waals surface area contributed by atoms with Crippen molar-refractivity contribution in [1.82, 2.24) is 0 Å². The Hall–Kier alpha value is -0.480. The second-order valence-electron chi connectivity index (χ2n) is 5.83. The van der Waals surface area contributed by atoms with Crippen LogP contribution in [0.4, 0.5) is 8.78 Å². The minimum atomic E-state index is -0.453. The lowest BCUT2D eigenvalue weighted by molar-refractivity contribution is 0.222. The van der Waals surface area contributed by atoms with Gasteiger partial charge in [-0.2, -0.15) is 0 Å². The lowest BCUT2D eigenvalue weighted by Crippen LogP contribution is -2.30. The highest BCUT2D eigenvalue weighted by Gasteiger charge is 2.34. The molecule has 0 aromatic heterocycles. The van der Waals surface area contributed by atoms with Crippen molar-refractivity contribution in [3.8, 4) is 0 Å². The molecule has 0 bridgehead atoms. The van der Waals surface area contributed by atoms with E-state index in [0.717, 1.165) is 32.1 Å². The Bertz CT molecular complexity index is 464. The summed E-state index contributed by atoms with van der Waals surface area (Å²) in [6, 6.07) is 2.78. The van der Waals surface area contributed by atoms with Crippen LogP contribution in [0.25, 0.3) is 0 Å². The van der Waals surface area contributed by atoms with Crippen LogP contribution in [0.3, 0.4) is 0 Å². The summed E-state index contributed by atoms with van der Waals surface area (Å²) in [5.41, 5.74) is 6.06. The van der Waals surface area contributed by atoms with E-state index in [9.17, 15) is 8.78 Å². The first-order valence-electron chi connectivity index (χ1n) is 7.41. The Morgan fingerprint density at radius 1 is 1.30 bits per heavy atom. The minimum absolute atomic E-state index is 0.0946. The van der Waals surface area contributed by atoms with E-state index in [4.69, 9.17) is 5.73 Å². The van der Waals surface area contributed by atoms with Gasteiger partial charge in [0.15, 0.2) is 0 Å². The molecule has 0 saturated heterocycles. The van der Waals surface area contributed by atoms with E-state index in [1.807, 2.05) is 0 Å². The largest absolute Gasteiger partial charge is 0.330 e. The van der Waals surface area contributed by atoms with Crippen molar-refractivity contribution in [2.75, 3.05) is 6.54 Å². The van der Waals surface area contributed by atoms with E-state index >= 15 is 0 Å². The molecule has 0 heterocycles. The molecule has 1 saturated carbocycles. The van der Waals surface area contributed by atoms with Crippen LogP contribution in [-0.2, 0) is 0 Å². The molecule has 3 unspecified atom stereocenters. The number of halogens is 3. The van der Waals surface area contributed by atoms with Gasteiger partial charge in [0.1, 0.15) is 11.6 Å². The summed E-state index contributed by atoms with van der Waals surface area (Å²) in [5.74, 6) is -0.244. The van der Waals surface area contributed by atoms with Gasteiger partial charge in [-0.3, -0.25) is 0 Å². The van der Waals surface area contributed by atoms with Gasteiger partial charge in [0.2, 0.25) is 0 Å². The maximum Gasteiger partial charge on any atom is 0.143 e. The normalized spacial score (nSPS) is 26.8. The van der Waals surface area contributed by atoms with E-state index in [0.29, 0.717) is 16.9 Å². The quantitative estimate of drug-likeness (QED) is 0.764. The topological polar surface area (TPSA) is 26.0 Å². The maximum atomic E-state index is 14.3. The lowest BCUT2D eigenvalue weighted by atomic mass is 9.70. The van der Waals surface area contributed by atoms with Crippen LogP contribution in [0, 0.1) is 23.5 Å². The molecule has 20 heavy (non-hydrogen) atoms. The molecule has 1 aliphatic rings. The van der Waals surface area contributed by atoms with Crippen LogP contribution in [-0.4, -0.2) is 6.54 Å². The van der Waals surface area contributed by atoms with Gasteiger partial charge in [-0.15, -0.1) is 0 Å². The smallest absolute Gasteiger partial charge is 0.143 e. The molecule has 1 nitrogen and oxygen atoms in total. The summed E-state index contributed by atoms with van der Waals surface area (Å²) in [7, 11) is 0. The Kier molecular flexibility index (Phi) is 5.56. The highest BCUT2D eigenvalue weighted by molar-refractivity contribution is 9.10. The van der Waals surface area contributed by atoms with Crippen LogP contribution < -0.4 is 5.73 Å². The zero-order valence-electron chi connectivity index (χ0n) is 11.8. The molecule has 2 rings (SSSR count). The summed E-state index contributed by atoms with van der Waals surface area (Å²) in [5, 5.41) is 0. The van der Waals surface area contributed by atoms with Crippen molar-refractivity contribution in [2.24, 2.45) is 17.6 Å². The minimum Gasteiger partial charge on any atom is -0.330 e. The fourth-order valence-corrected chi connectivity index (χ4v) is 3.85. The maximum absolute atomic E-state index is 14.3. The van der Waals surface area contributed by atoms with Crippen LogP contribution >= 0.6 is 15.9 Å². The fourth-order valence-electron chi connectivity index (χ4n) is 3.51. The summed E-state index contributed by atoms with van der Waals surface area (Å²) in [6.45, 7) is 2.65. The molecule has 0 aliphatic heterocycles. The average molecular weight is 346 g/mol. The molecule has 4 heteroatoms. The van der Waals surface area contributed by atoms with Gasteiger partial charge in [0.05, 0.1) is 4.47 Å². The van der Waals surface area contributed by atoms with Crippen molar-refractivity contribution in [2.45, 2.75) is 44.9 Å². The molecule has 0 radical (unpaired) electrons. The molecule has 1 aliphatic carbocycles. The van der Waals surface area contributed by atoms with Crippen molar-refractivity contribution >= 4 is 15.9 Å². The predicted molar refractivity (Wildman–Crippen MR) is 81.6 cm³/mol. The first-order valence-corrected chi connectivity index (χ1v) is 8.21. The zero-order chi connectivity index (χ0) is 14.7. The highest BCUT2D eigenvalue weighted by atomic mass is 79.9. The Morgan fingerprint density at radius 3 is 2.70 bits per heavy atom. The van der Waals surface area contributed by atoms with Crippen LogP contribution in [0.1, 0.15) is 50.5 Å². The SMILES string of the molecule is CCCC1CCC(CN)C(c2c(F)ccc(Br)c2F)C1. The van der Waals surface area contributed by atoms with Gasteiger partial charge in [-0.25, -0.2) is 8.78 Å². The predicted octanol–water partition coefficient (Wildman–Crippen LogP) is 4.99. The lowest BCUT2D eigenvalue weighted by Gasteiger charge is -2.36. The molecule has 1 aromatic carbocycles. The Labute approximate surface area is 128 Å². The molecule has 2 N–H and O–H groups in total. The molecule has 1 aromatic rings. The first-order chi connectivity index (χ1) is 9.58. The van der Waals surface area contributed by atoms with Gasteiger partial charge in [-0.05, 0) is 65.2 Å². The second kappa shape index (κ2) is 6.99. The molecule has 1 fully saturated rings. The van der Waals surface area contributed by atoms with Crippen LogP contribution in [0.2, 0.25) is 0 Å². The molecule has 0 spiro atoms. The first kappa shape index (κ1) is 15.9. The van der Waals surface area contributed by atoms with E-state index in [2.05, 4.69) is 22.9 Å². The molecular formula is C16H22BrF2N. The number of benzene rings is 1. The van der Waals surface area contributed by atoms with Crippen LogP contribution in [0.5, 0.6) is 0 Å². The third-order valence-electron chi connectivity index (χ3n) is 4.55. The van der Waals surface area contributed by atoms with Gasteiger partial charge >= 0.3 is 0 Å². The summed E-state index contributed by atoms with van der Waals surface area (Å²) < 4.78 is 28.8. The fraction of sp³-hybridized carbons (Fsp3) is 0.625. The molecule has 0 amide bonds. The monoisotopic (exact) mass is 345 g/mol. The Balaban J connectivity index is 2.34. The zero-order valence-corrected chi connectivity index (χ0v) is 13.4. The molecule has 112 valence electrons. The third kappa shape index (κ3) is 3.22. The summed E-state index contributed by atoms with van der Waals surface area (Å²) in [6.07, 6.45) is 5.19. The second-order valence-corrected chi connectivity index (χ2v) is 6.68. The van der Waals surface area contributed by atoms with E-state index in [-0.39, 0.29) is 17.4 Å². The van der Waals surface area contributed by atoms with Crippen molar-refractivity contribution in [1.29, 1.82) is 0 Å². The van der Waals surface area contributed by atoms with Crippen molar-refractivity contribution in [3.63, 3.8) is 0 Å². The third-order valence-corrected chi connectivity index (χ3v) is 5.16. The van der Waals surface area contributed by atoms with Gasteiger partial charge in [0.25, 0.3) is 0 Å². The van der Waals surface area contributed by atoms with E-state index < -0.39 is 11.6 Å². The number of nitrogens with two attached hydrogens (primary N) is 1. The number of rotatable bonds is 4. The van der Waals surface area contributed by atoms with Gasteiger partial charge < -0.3 is 5.73 Å². The Morgan fingerprint density at radius 2 is 2.05 bits per heavy atom. The molecule has 3 atom stereocenters. The standard InChI is InChI=1S/C16H22BrF2N/c1-2-3-10-4-5-11(9-20)12(8-10)15-14(18)7-6-13(17)16(15)19/h6-7,10-12H,2-5,8-9,20H2,1H3. The van der Waals surface area contributed by atoms with Crippen LogP contribution in [0.15, 0.2) is 16.6 Å². The van der Waals surface area contributed by atoms with Crippen molar-refractivity contribution < 1.29 is 8.78 Å². The highest BCUT2D eigenvalue weighted by Crippen LogP contribution is 2.44. The average Bonchev–Trinajstić information content (AvgIpc) is 2.44. The van der Waals surface area contributed by atoms with E-state index in [1.165, 1.54) is 12.1 Å². The summed E-state index contributed by atoms with van der Waals surface area (Å²) in [4.78, 5) is 0.